The van der Waals surface area contributed by atoms with Gasteiger partial charge in [-0.3, -0.25) is 0 Å². The van der Waals surface area contributed by atoms with Crippen LogP contribution in [0.5, 0.6) is 0 Å². The fourth-order valence-electron chi connectivity index (χ4n) is 3.25. The highest BCUT2D eigenvalue weighted by atomic mass is 16.3. The lowest BCUT2D eigenvalue weighted by molar-refractivity contribution is 0.0714. The molecule has 0 saturated heterocycles. The lowest BCUT2D eigenvalue weighted by atomic mass is 9.78. The van der Waals surface area contributed by atoms with Gasteiger partial charge in [0, 0.05) is 11.8 Å². The maximum atomic E-state index is 10.6. The second kappa shape index (κ2) is 5.80. The number of rotatable bonds is 3. The third kappa shape index (κ3) is 2.78. The molecular formula is C17H22N2O. The van der Waals surface area contributed by atoms with Gasteiger partial charge in [-0.2, -0.15) is 5.10 Å². The molecule has 3 rings (SSSR count). The third-order valence-electron chi connectivity index (χ3n) is 4.39. The molecule has 1 fully saturated rings. The van der Waals surface area contributed by atoms with Gasteiger partial charge in [-0.05, 0) is 36.8 Å². The molecule has 0 bridgehead atoms. The molecule has 106 valence electrons. The Balaban J connectivity index is 1.76. The number of hydrogen-bond acceptors (Lipinski definition) is 2. The number of benzene rings is 1. The van der Waals surface area contributed by atoms with E-state index in [1.165, 1.54) is 12.8 Å². The molecule has 1 aromatic carbocycles. The second-order valence-corrected chi connectivity index (χ2v) is 6.03. The predicted octanol–water partition coefficient (Wildman–Crippen LogP) is 3.73. The topological polar surface area (TPSA) is 38.1 Å². The molecule has 0 aliphatic heterocycles. The molecule has 3 nitrogen and oxygen atoms in total. The van der Waals surface area contributed by atoms with Gasteiger partial charge < -0.3 is 5.11 Å². The summed E-state index contributed by atoms with van der Waals surface area (Å²) in [5.74, 6) is 1.11. The van der Waals surface area contributed by atoms with Crippen molar-refractivity contribution in [2.75, 3.05) is 0 Å². The summed E-state index contributed by atoms with van der Waals surface area (Å²) in [4.78, 5) is 0. The molecule has 3 atom stereocenters. The summed E-state index contributed by atoms with van der Waals surface area (Å²) in [6.07, 6.45) is 8.16. The smallest absolute Gasteiger partial charge is 0.0848 e. The standard InChI is InChI=1S/C17H22N2O/c1-13-6-5-7-14(10-13)17(20)15-11-18-19(12-15)16-8-3-2-4-9-16/h2-4,8-9,11-14,17,20H,5-7,10H2,1H3. The highest BCUT2D eigenvalue weighted by Crippen LogP contribution is 2.36. The first kappa shape index (κ1) is 13.4. The summed E-state index contributed by atoms with van der Waals surface area (Å²) in [7, 11) is 0. The van der Waals surface area contributed by atoms with Crippen molar-refractivity contribution in [2.24, 2.45) is 11.8 Å². The van der Waals surface area contributed by atoms with E-state index in [0.29, 0.717) is 5.92 Å². The molecule has 20 heavy (non-hydrogen) atoms. The zero-order chi connectivity index (χ0) is 13.9. The van der Waals surface area contributed by atoms with Crippen LogP contribution in [0.15, 0.2) is 42.7 Å². The van der Waals surface area contributed by atoms with Crippen molar-refractivity contribution in [3.63, 3.8) is 0 Å². The summed E-state index contributed by atoms with van der Waals surface area (Å²) in [5.41, 5.74) is 1.97. The molecule has 1 saturated carbocycles. The number of aliphatic hydroxyl groups is 1. The zero-order valence-electron chi connectivity index (χ0n) is 11.9. The second-order valence-electron chi connectivity index (χ2n) is 6.03. The summed E-state index contributed by atoms with van der Waals surface area (Å²) in [6.45, 7) is 2.28. The predicted molar refractivity (Wildman–Crippen MR) is 79.6 cm³/mol. The summed E-state index contributed by atoms with van der Waals surface area (Å²) >= 11 is 0. The molecule has 3 unspecified atom stereocenters. The van der Waals surface area contributed by atoms with Gasteiger partial charge in [-0.25, -0.2) is 4.68 Å². The lowest BCUT2D eigenvalue weighted by Gasteiger charge is -2.29. The van der Waals surface area contributed by atoms with Gasteiger partial charge in [0.25, 0.3) is 0 Å². The van der Waals surface area contributed by atoms with E-state index >= 15 is 0 Å². The molecule has 1 aliphatic carbocycles. The molecule has 1 aliphatic rings. The molecule has 2 aromatic rings. The minimum absolute atomic E-state index is 0.379. The van der Waals surface area contributed by atoms with Crippen molar-refractivity contribution in [1.82, 2.24) is 9.78 Å². The maximum absolute atomic E-state index is 10.6. The number of para-hydroxylation sites is 1. The molecule has 0 radical (unpaired) electrons. The van der Waals surface area contributed by atoms with E-state index in [2.05, 4.69) is 12.0 Å². The van der Waals surface area contributed by atoms with Gasteiger partial charge in [0.1, 0.15) is 0 Å². The Morgan fingerprint density at radius 2 is 2.05 bits per heavy atom. The SMILES string of the molecule is CC1CCCC(C(O)c2cnn(-c3ccccc3)c2)C1. The van der Waals surface area contributed by atoms with E-state index in [1.807, 2.05) is 41.2 Å². The fraction of sp³-hybridized carbons (Fsp3) is 0.471. The first-order chi connectivity index (χ1) is 9.74. The Hall–Kier alpha value is -1.61. The van der Waals surface area contributed by atoms with Crippen LogP contribution in [0.3, 0.4) is 0 Å². The van der Waals surface area contributed by atoms with Gasteiger partial charge in [0.2, 0.25) is 0 Å². The summed E-state index contributed by atoms with van der Waals surface area (Å²) in [5, 5.41) is 14.9. The summed E-state index contributed by atoms with van der Waals surface area (Å²) < 4.78 is 1.84. The Bertz CT molecular complexity index is 549. The normalized spacial score (nSPS) is 24.5. The monoisotopic (exact) mass is 270 g/mol. The van der Waals surface area contributed by atoms with Crippen LogP contribution in [0, 0.1) is 11.8 Å². The lowest BCUT2D eigenvalue weighted by Crippen LogP contribution is -2.19. The van der Waals surface area contributed by atoms with Crippen LogP contribution in [0.4, 0.5) is 0 Å². The molecule has 3 heteroatoms. The van der Waals surface area contributed by atoms with Gasteiger partial charge >= 0.3 is 0 Å². The van der Waals surface area contributed by atoms with Crippen LogP contribution in [0.2, 0.25) is 0 Å². The number of aliphatic hydroxyl groups excluding tert-OH is 1. The average molecular weight is 270 g/mol. The van der Waals surface area contributed by atoms with Crippen molar-refractivity contribution < 1.29 is 5.11 Å². The van der Waals surface area contributed by atoms with E-state index in [4.69, 9.17) is 0 Å². The highest BCUT2D eigenvalue weighted by Gasteiger charge is 2.27. The zero-order valence-corrected chi connectivity index (χ0v) is 11.9. The molecule has 1 heterocycles. The van der Waals surface area contributed by atoms with Gasteiger partial charge in [-0.1, -0.05) is 38.0 Å². The molecule has 0 amide bonds. The molecule has 1 aromatic heterocycles. The first-order valence-electron chi connectivity index (χ1n) is 7.52. The number of nitrogens with zero attached hydrogens (tertiary/aromatic N) is 2. The molecule has 0 spiro atoms. The number of hydrogen-bond donors (Lipinski definition) is 1. The average Bonchev–Trinajstić information content (AvgIpc) is 2.97. The Morgan fingerprint density at radius 1 is 1.25 bits per heavy atom. The van der Waals surface area contributed by atoms with Crippen molar-refractivity contribution in [1.29, 1.82) is 0 Å². The van der Waals surface area contributed by atoms with Crippen LogP contribution in [-0.4, -0.2) is 14.9 Å². The Labute approximate surface area is 120 Å². The van der Waals surface area contributed by atoms with Crippen molar-refractivity contribution in [3.05, 3.63) is 48.3 Å². The van der Waals surface area contributed by atoms with Gasteiger partial charge in [0.05, 0.1) is 18.0 Å². The van der Waals surface area contributed by atoms with Crippen molar-refractivity contribution in [3.8, 4) is 5.69 Å². The Kier molecular flexibility index (Phi) is 3.88. The van der Waals surface area contributed by atoms with Crippen LogP contribution in [0.1, 0.15) is 44.3 Å². The van der Waals surface area contributed by atoms with Crippen LogP contribution < -0.4 is 0 Å². The van der Waals surface area contributed by atoms with Crippen molar-refractivity contribution >= 4 is 0 Å². The minimum Gasteiger partial charge on any atom is -0.388 e. The van der Waals surface area contributed by atoms with Gasteiger partial charge in [0.15, 0.2) is 0 Å². The van der Waals surface area contributed by atoms with E-state index in [9.17, 15) is 5.11 Å². The highest BCUT2D eigenvalue weighted by molar-refractivity contribution is 5.31. The minimum atomic E-state index is -0.379. The molecular weight excluding hydrogens is 248 g/mol. The van der Waals surface area contributed by atoms with Gasteiger partial charge in [-0.15, -0.1) is 0 Å². The van der Waals surface area contributed by atoms with Crippen molar-refractivity contribution in [2.45, 2.75) is 38.7 Å². The quantitative estimate of drug-likeness (QED) is 0.922. The number of aromatic nitrogens is 2. The Morgan fingerprint density at radius 3 is 2.80 bits per heavy atom. The molecule has 1 N–H and O–H groups in total. The van der Waals surface area contributed by atoms with E-state index in [0.717, 1.165) is 30.0 Å². The maximum Gasteiger partial charge on any atom is 0.0848 e. The van der Waals surface area contributed by atoms with E-state index in [1.54, 1.807) is 6.20 Å². The van der Waals surface area contributed by atoms with Crippen LogP contribution in [-0.2, 0) is 0 Å². The van der Waals surface area contributed by atoms with E-state index in [-0.39, 0.29) is 6.10 Å². The van der Waals surface area contributed by atoms with E-state index < -0.39 is 0 Å². The van der Waals surface area contributed by atoms with Crippen LogP contribution >= 0.6 is 0 Å². The fourth-order valence-corrected chi connectivity index (χ4v) is 3.25. The van der Waals surface area contributed by atoms with Crippen LogP contribution in [0.25, 0.3) is 5.69 Å². The largest absolute Gasteiger partial charge is 0.388 e. The third-order valence-corrected chi connectivity index (χ3v) is 4.39. The summed E-state index contributed by atoms with van der Waals surface area (Å²) in [6, 6.07) is 10.0. The first-order valence-corrected chi connectivity index (χ1v) is 7.52.